The molecule has 4 atom stereocenters. The quantitative estimate of drug-likeness (QED) is 0.122. The smallest absolute Gasteiger partial charge is 0.326 e. The van der Waals surface area contributed by atoms with E-state index in [1.54, 1.807) is 0 Å². The normalized spacial score (nSPS) is 14.0. The average Bonchev–Trinajstić information content (AvgIpc) is 2.76. The number of aliphatic carboxylic acids is 3. The second-order valence-corrected chi connectivity index (χ2v) is 7.38. The van der Waals surface area contributed by atoms with Crippen LogP contribution in [-0.4, -0.2) is 91.9 Å². The number of phenols is 1. The van der Waals surface area contributed by atoms with Gasteiger partial charge < -0.3 is 47.2 Å². The van der Waals surface area contributed by atoms with Crippen molar-refractivity contribution in [3.05, 3.63) is 29.8 Å². The van der Waals surface area contributed by atoms with Crippen molar-refractivity contribution in [3.63, 3.8) is 0 Å². The molecule has 0 fully saturated rings. The molecule has 0 aliphatic rings. The minimum Gasteiger partial charge on any atom is -0.508 e. The molecule has 15 nitrogen and oxygen atoms in total. The molecule has 4 unspecified atom stereocenters. The summed E-state index contributed by atoms with van der Waals surface area (Å²) in [7, 11) is 0. The Hall–Kier alpha value is -4.24. The number of hydrogen-bond acceptors (Lipinski definition) is 9. The summed E-state index contributed by atoms with van der Waals surface area (Å²) < 4.78 is 0. The molecule has 3 amide bonds. The molecule has 0 heterocycles. The highest BCUT2D eigenvalue weighted by atomic mass is 16.4. The minimum atomic E-state index is -1.78. The van der Waals surface area contributed by atoms with Crippen LogP contribution >= 0.6 is 0 Å². The summed E-state index contributed by atoms with van der Waals surface area (Å²) in [6.45, 7) is -1.00. The summed E-state index contributed by atoms with van der Waals surface area (Å²) in [6, 6.07) is -1.10. The second-order valence-electron chi connectivity index (χ2n) is 7.38. The number of nitrogens with two attached hydrogens (primary N) is 1. The number of aromatic hydroxyl groups is 1. The van der Waals surface area contributed by atoms with Crippen molar-refractivity contribution >= 4 is 35.6 Å². The number of nitrogens with one attached hydrogen (secondary N) is 3. The van der Waals surface area contributed by atoms with Crippen molar-refractivity contribution in [2.45, 2.75) is 43.4 Å². The zero-order valence-corrected chi connectivity index (χ0v) is 18.2. The lowest BCUT2D eigenvalue weighted by atomic mass is 10.1. The Labute approximate surface area is 197 Å². The fourth-order valence-electron chi connectivity index (χ4n) is 2.75. The first-order chi connectivity index (χ1) is 16.3. The lowest BCUT2D eigenvalue weighted by Gasteiger charge is -2.23. The molecule has 0 aromatic heterocycles. The number of carboxylic acid groups (broad SMARTS) is 3. The Morgan fingerprint density at radius 2 is 1.23 bits per heavy atom. The number of phenolic OH excluding ortho intramolecular Hbond substituents is 1. The third-order valence-electron chi connectivity index (χ3n) is 4.55. The van der Waals surface area contributed by atoms with E-state index in [2.05, 4.69) is 5.32 Å². The predicted molar refractivity (Wildman–Crippen MR) is 115 cm³/mol. The van der Waals surface area contributed by atoms with Crippen LogP contribution in [-0.2, 0) is 35.2 Å². The zero-order valence-electron chi connectivity index (χ0n) is 18.2. The number of benzene rings is 1. The molecule has 0 aliphatic heterocycles. The van der Waals surface area contributed by atoms with Gasteiger partial charge >= 0.3 is 17.9 Å². The van der Waals surface area contributed by atoms with E-state index in [1.165, 1.54) is 24.3 Å². The second kappa shape index (κ2) is 13.5. The van der Waals surface area contributed by atoms with Crippen LogP contribution in [0.3, 0.4) is 0 Å². The number of aliphatic hydroxyl groups excluding tert-OH is 1. The summed E-state index contributed by atoms with van der Waals surface area (Å²) >= 11 is 0. The van der Waals surface area contributed by atoms with Crippen molar-refractivity contribution in [1.82, 2.24) is 16.0 Å². The van der Waals surface area contributed by atoms with Gasteiger partial charge in [0.15, 0.2) is 0 Å². The van der Waals surface area contributed by atoms with E-state index in [0.29, 0.717) is 5.56 Å². The lowest BCUT2D eigenvalue weighted by molar-refractivity contribution is -0.143. The molecule has 0 saturated carbocycles. The largest absolute Gasteiger partial charge is 0.508 e. The summed E-state index contributed by atoms with van der Waals surface area (Å²) in [5.41, 5.74) is 5.83. The van der Waals surface area contributed by atoms with Crippen molar-refractivity contribution in [1.29, 1.82) is 0 Å². The van der Waals surface area contributed by atoms with Crippen LogP contribution < -0.4 is 21.7 Å². The van der Waals surface area contributed by atoms with Crippen LogP contribution in [0, 0.1) is 0 Å². The van der Waals surface area contributed by atoms with E-state index in [1.807, 2.05) is 10.6 Å². The topological polar surface area (TPSA) is 266 Å². The van der Waals surface area contributed by atoms with Crippen molar-refractivity contribution < 1.29 is 54.3 Å². The van der Waals surface area contributed by atoms with E-state index in [9.17, 15) is 44.1 Å². The summed E-state index contributed by atoms with van der Waals surface area (Å²) in [6.07, 6.45) is -1.96. The van der Waals surface area contributed by atoms with Crippen LogP contribution in [0.1, 0.15) is 18.4 Å². The van der Waals surface area contributed by atoms with Gasteiger partial charge in [0.05, 0.1) is 25.5 Å². The van der Waals surface area contributed by atoms with Gasteiger partial charge in [0.1, 0.15) is 23.9 Å². The predicted octanol–water partition coefficient (Wildman–Crippen LogP) is -3.26. The first kappa shape index (κ1) is 28.8. The van der Waals surface area contributed by atoms with E-state index in [-0.39, 0.29) is 12.2 Å². The van der Waals surface area contributed by atoms with Crippen molar-refractivity contribution in [2.24, 2.45) is 5.73 Å². The van der Waals surface area contributed by atoms with Crippen LogP contribution in [0.5, 0.6) is 5.75 Å². The van der Waals surface area contributed by atoms with Crippen molar-refractivity contribution in [2.75, 3.05) is 6.61 Å². The SMILES string of the molecule is NC(CC(=O)O)C(=O)NC(CC(=O)O)C(=O)NC(CO)C(=O)NC(Cc1ccc(O)cc1)C(=O)O. The standard InChI is InChI=1S/C20H26N4O11/c21-11(6-15(27)28)17(31)22-12(7-16(29)30)18(32)24-14(8-25)19(33)23-13(20(34)35)5-9-1-3-10(26)4-2-9/h1-4,11-14,25-26H,5-8,21H2,(H,22,31)(H,23,33)(H,24,32)(H,27,28)(H,29,30)(H,34,35). The van der Waals surface area contributed by atoms with Gasteiger partial charge in [-0.25, -0.2) is 4.79 Å². The molecule has 0 aliphatic carbocycles. The average molecular weight is 498 g/mol. The first-order valence-corrected chi connectivity index (χ1v) is 10.1. The Kier molecular flexibility index (Phi) is 11.1. The maximum Gasteiger partial charge on any atom is 0.326 e. The molecule has 15 heteroatoms. The summed E-state index contributed by atoms with van der Waals surface area (Å²) in [5.74, 6) is -7.90. The molecule has 1 rings (SSSR count). The zero-order chi connectivity index (χ0) is 26.7. The Morgan fingerprint density at radius 1 is 0.743 bits per heavy atom. The third kappa shape index (κ3) is 10.1. The molecule has 0 bridgehead atoms. The fourth-order valence-corrected chi connectivity index (χ4v) is 2.75. The van der Waals surface area contributed by atoms with Gasteiger partial charge in [0.2, 0.25) is 17.7 Å². The van der Waals surface area contributed by atoms with Crippen LogP contribution in [0.15, 0.2) is 24.3 Å². The number of aliphatic hydroxyl groups is 1. The molecule has 0 spiro atoms. The Bertz CT molecular complexity index is 951. The van der Waals surface area contributed by atoms with E-state index >= 15 is 0 Å². The maximum absolute atomic E-state index is 12.5. The lowest BCUT2D eigenvalue weighted by Crippen LogP contribution is -2.58. The van der Waals surface area contributed by atoms with Crippen LogP contribution in [0.4, 0.5) is 0 Å². The molecule has 1 aromatic carbocycles. The first-order valence-electron chi connectivity index (χ1n) is 10.1. The Morgan fingerprint density at radius 3 is 1.71 bits per heavy atom. The molecular formula is C20H26N4O11. The number of carbonyl (C=O) groups excluding carboxylic acids is 3. The van der Waals surface area contributed by atoms with Gasteiger partial charge in [-0.15, -0.1) is 0 Å². The third-order valence-corrected chi connectivity index (χ3v) is 4.55. The monoisotopic (exact) mass is 498 g/mol. The minimum absolute atomic E-state index is 0.0559. The summed E-state index contributed by atoms with van der Waals surface area (Å²) in [4.78, 5) is 70.3. The highest BCUT2D eigenvalue weighted by Gasteiger charge is 2.31. The van der Waals surface area contributed by atoms with Gasteiger partial charge in [-0.1, -0.05) is 12.1 Å². The van der Waals surface area contributed by atoms with Gasteiger partial charge in [0, 0.05) is 6.42 Å². The molecule has 192 valence electrons. The molecule has 10 N–H and O–H groups in total. The van der Waals surface area contributed by atoms with Gasteiger partial charge in [0.25, 0.3) is 0 Å². The summed E-state index contributed by atoms with van der Waals surface area (Å²) in [5, 5.41) is 52.0. The highest BCUT2D eigenvalue weighted by molar-refractivity contribution is 5.96. The van der Waals surface area contributed by atoms with Gasteiger partial charge in [-0.05, 0) is 17.7 Å². The Balaban J connectivity index is 2.89. The van der Waals surface area contributed by atoms with Crippen molar-refractivity contribution in [3.8, 4) is 5.75 Å². The van der Waals surface area contributed by atoms with Crippen LogP contribution in [0.2, 0.25) is 0 Å². The van der Waals surface area contributed by atoms with E-state index < -0.39 is 79.2 Å². The van der Waals surface area contributed by atoms with Crippen LogP contribution in [0.25, 0.3) is 0 Å². The highest BCUT2D eigenvalue weighted by Crippen LogP contribution is 2.11. The molecule has 0 radical (unpaired) electrons. The number of rotatable bonds is 14. The number of carbonyl (C=O) groups is 6. The molecule has 0 saturated heterocycles. The van der Waals surface area contributed by atoms with Gasteiger partial charge in [-0.2, -0.15) is 0 Å². The fraction of sp³-hybridized carbons (Fsp3) is 0.400. The molecule has 1 aromatic rings. The number of carboxylic acids is 3. The number of amides is 3. The molecule has 35 heavy (non-hydrogen) atoms. The van der Waals surface area contributed by atoms with Gasteiger partial charge in [-0.3, -0.25) is 24.0 Å². The van der Waals surface area contributed by atoms with E-state index in [0.717, 1.165) is 0 Å². The maximum atomic E-state index is 12.5. The number of hydrogen-bond donors (Lipinski definition) is 9. The molecular weight excluding hydrogens is 472 g/mol. The van der Waals surface area contributed by atoms with E-state index in [4.69, 9.17) is 15.9 Å².